The topological polar surface area (TPSA) is 124 Å². The predicted octanol–water partition coefficient (Wildman–Crippen LogP) is 2.33. The zero-order chi connectivity index (χ0) is 30.1. The minimum atomic E-state index is -3.06. The molecule has 2 heterocycles. The number of ether oxygens (including phenoxy) is 1. The maximum absolute atomic E-state index is 13.5. The summed E-state index contributed by atoms with van der Waals surface area (Å²) in [5.74, 6) is -0.0898. The molecule has 40 heavy (non-hydrogen) atoms. The van der Waals surface area contributed by atoms with E-state index in [2.05, 4.69) is 57.1 Å². The fourth-order valence-corrected chi connectivity index (χ4v) is 6.80. The number of aliphatic hydroxyl groups excluding tert-OH is 1. The second kappa shape index (κ2) is 15.9. The molecule has 0 spiro atoms. The van der Waals surface area contributed by atoms with Crippen molar-refractivity contribution in [3.8, 4) is 0 Å². The molecule has 0 aromatic rings. The summed E-state index contributed by atoms with van der Waals surface area (Å²) in [5.41, 5.74) is -0.0784. The highest BCUT2D eigenvalue weighted by Crippen LogP contribution is 2.29. The van der Waals surface area contributed by atoms with Crippen LogP contribution < -0.4 is 10.6 Å². The van der Waals surface area contributed by atoms with Gasteiger partial charge in [0.15, 0.2) is 9.84 Å². The second-order valence-electron chi connectivity index (χ2n) is 13.0. The summed E-state index contributed by atoms with van der Waals surface area (Å²) < 4.78 is 29.0. The first kappa shape index (κ1) is 35.1. The molecule has 10 nitrogen and oxygen atoms in total. The second-order valence-corrected chi connectivity index (χ2v) is 15.3. The Morgan fingerprint density at radius 2 is 1.88 bits per heavy atom. The largest absolute Gasteiger partial charge is 0.385 e. The number of aliphatic hydroxyl groups is 1. The number of rotatable bonds is 15. The lowest BCUT2D eigenvalue weighted by Gasteiger charge is -2.45. The van der Waals surface area contributed by atoms with E-state index < -0.39 is 16.1 Å². The number of sulfone groups is 1. The summed E-state index contributed by atoms with van der Waals surface area (Å²) in [5, 5.41) is 19.2. The zero-order valence-corrected chi connectivity index (χ0v) is 27.0. The fraction of sp³-hybridized carbons (Fsp3) is 0.931. The van der Waals surface area contributed by atoms with Gasteiger partial charge in [-0.2, -0.15) is 0 Å². The number of amides is 1. The zero-order valence-electron chi connectivity index (χ0n) is 26.2. The van der Waals surface area contributed by atoms with Gasteiger partial charge in [-0.3, -0.25) is 20.0 Å². The fourth-order valence-electron chi connectivity index (χ4n) is 5.60. The number of carbonyl (C=O) groups is 1. The van der Waals surface area contributed by atoms with Crippen molar-refractivity contribution in [3.63, 3.8) is 0 Å². The van der Waals surface area contributed by atoms with Crippen molar-refractivity contribution in [2.45, 2.75) is 98.8 Å². The maximum atomic E-state index is 13.5. The third-order valence-corrected chi connectivity index (χ3v) is 9.70. The summed E-state index contributed by atoms with van der Waals surface area (Å²) in [6, 6.07) is -0.0114. The molecule has 1 amide bonds. The van der Waals surface area contributed by atoms with E-state index in [1.165, 1.54) is 0 Å². The van der Waals surface area contributed by atoms with Gasteiger partial charge in [0, 0.05) is 51.5 Å². The van der Waals surface area contributed by atoms with Crippen LogP contribution in [0, 0.1) is 23.2 Å². The van der Waals surface area contributed by atoms with Crippen LogP contribution in [-0.4, -0.2) is 111 Å². The van der Waals surface area contributed by atoms with Gasteiger partial charge in [0.2, 0.25) is 5.91 Å². The van der Waals surface area contributed by atoms with Crippen LogP contribution in [0.2, 0.25) is 0 Å². The van der Waals surface area contributed by atoms with Gasteiger partial charge in [0.25, 0.3) is 0 Å². The first-order valence-electron chi connectivity index (χ1n) is 15.2. The van der Waals surface area contributed by atoms with Crippen molar-refractivity contribution in [3.05, 3.63) is 0 Å². The van der Waals surface area contributed by atoms with Gasteiger partial charge < -0.3 is 20.1 Å². The van der Waals surface area contributed by atoms with E-state index in [0.29, 0.717) is 31.9 Å². The third kappa shape index (κ3) is 10.3. The number of nitrogens with zero attached hydrogens (tertiary/aromatic N) is 3. The van der Waals surface area contributed by atoms with E-state index in [1.807, 2.05) is 13.1 Å². The number of aliphatic imine (C=N–C) groups is 1. The number of methoxy groups -OCH3 is 1. The van der Waals surface area contributed by atoms with Gasteiger partial charge in [-0.1, -0.05) is 48.5 Å². The lowest BCUT2D eigenvalue weighted by atomic mass is 9.88. The Labute approximate surface area is 243 Å². The summed E-state index contributed by atoms with van der Waals surface area (Å²) >= 11 is 0. The molecule has 0 aromatic carbocycles. The molecule has 0 aliphatic carbocycles. The van der Waals surface area contributed by atoms with Gasteiger partial charge >= 0.3 is 0 Å². The highest BCUT2D eigenvalue weighted by atomic mass is 32.2. The number of hydrogen-bond acceptors (Lipinski definition) is 9. The average Bonchev–Trinajstić information content (AvgIpc) is 2.89. The Kier molecular flexibility index (Phi) is 14.0. The Morgan fingerprint density at radius 1 is 1.23 bits per heavy atom. The SMILES string of the molecule is CC[C@@H](C[C@@H](CC)N(CC(C)C)C(O)C1C=N[C@@H](C(C)(C)C)NC1NCCCOC)C(=O)N1CCS(=O)(=O)CC1. The summed E-state index contributed by atoms with van der Waals surface area (Å²) in [6.07, 6.45) is 3.82. The van der Waals surface area contributed by atoms with E-state index in [0.717, 1.165) is 19.4 Å². The lowest BCUT2D eigenvalue weighted by molar-refractivity contribution is -0.137. The molecule has 6 atom stereocenters. The molecule has 2 aliphatic heterocycles. The van der Waals surface area contributed by atoms with Crippen molar-refractivity contribution >= 4 is 22.0 Å². The Balaban J connectivity index is 2.26. The molecule has 3 unspecified atom stereocenters. The molecule has 0 saturated carbocycles. The molecule has 0 bridgehead atoms. The van der Waals surface area contributed by atoms with E-state index in [1.54, 1.807) is 12.0 Å². The van der Waals surface area contributed by atoms with Crippen LogP contribution in [0.25, 0.3) is 0 Å². The first-order chi connectivity index (χ1) is 18.7. The van der Waals surface area contributed by atoms with Crippen LogP contribution in [-0.2, 0) is 19.4 Å². The Morgan fingerprint density at radius 3 is 2.40 bits per heavy atom. The summed E-state index contributed by atoms with van der Waals surface area (Å²) in [4.78, 5) is 22.2. The average molecular weight is 588 g/mol. The lowest BCUT2D eigenvalue weighted by Crippen LogP contribution is -2.63. The van der Waals surface area contributed by atoms with Crippen LogP contribution in [0.1, 0.15) is 74.1 Å². The maximum Gasteiger partial charge on any atom is 0.225 e. The normalized spacial score (nSPS) is 25.8. The molecular formula is C29H57N5O5S. The van der Waals surface area contributed by atoms with Crippen molar-refractivity contribution in [1.29, 1.82) is 0 Å². The molecule has 0 aromatic heterocycles. The summed E-state index contributed by atoms with van der Waals surface area (Å²) in [7, 11) is -1.36. The van der Waals surface area contributed by atoms with Crippen LogP contribution in [0.4, 0.5) is 0 Å². The molecule has 1 fully saturated rings. The van der Waals surface area contributed by atoms with Gasteiger partial charge in [-0.15, -0.1) is 0 Å². The van der Waals surface area contributed by atoms with Gasteiger partial charge in [-0.25, -0.2) is 8.42 Å². The van der Waals surface area contributed by atoms with Crippen LogP contribution in [0.3, 0.4) is 0 Å². The minimum absolute atomic E-state index is 0.0114. The van der Waals surface area contributed by atoms with Gasteiger partial charge in [0.1, 0.15) is 12.4 Å². The van der Waals surface area contributed by atoms with E-state index in [9.17, 15) is 18.3 Å². The number of hydrogen-bond donors (Lipinski definition) is 3. The molecular weight excluding hydrogens is 530 g/mol. The Bertz CT molecular complexity index is 893. The van der Waals surface area contributed by atoms with Crippen molar-refractivity contribution < 1.29 is 23.1 Å². The van der Waals surface area contributed by atoms with Crippen molar-refractivity contribution in [2.24, 2.45) is 28.2 Å². The predicted molar refractivity (Wildman–Crippen MR) is 162 cm³/mol. The molecule has 11 heteroatoms. The van der Waals surface area contributed by atoms with E-state index in [4.69, 9.17) is 9.73 Å². The van der Waals surface area contributed by atoms with E-state index in [-0.39, 0.29) is 66.1 Å². The van der Waals surface area contributed by atoms with Crippen molar-refractivity contribution in [2.75, 3.05) is 51.4 Å². The van der Waals surface area contributed by atoms with E-state index >= 15 is 0 Å². The third-order valence-electron chi connectivity index (χ3n) is 8.09. The molecule has 3 N–H and O–H groups in total. The van der Waals surface area contributed by atoms with Crippen molar-refractivity contribution in [1.82, 2.24) is 20.4 Å². The van der Waals surface area contributed by atoms with Crippen LogP contribution in [0.15, 0.2) is 4.99 Å². The smallest absolute Gasteiger partial charge is 0.225 e. The standard InChI is InChI=1S/C29H57N5O5S/c1-9-22(26(35)33-13-16-40(37,38)17-14-33)18-23(10-2)34(20-21(3)4)27(36)24-19-31-28(29(5,6)7)32-25(24)30-12-11-15-39-8/h19,21-25,27-28,30,32,36H,9-18,20H2,1-8H3/t22-,23+,24?,25?,27?,28+/m0/s1. The number of nitrogens with one attached hydrogen (secondary N) is 2. The monoisotopic (exact) mass is 587 g/mol. The molecule has 0 radical (unpaired) electrons. The minimum Gasteiger partial charge on any atom is -0.385 e. The first-order valence-corrected chi connectivity index (χ1v) is 17.0. The Hall–Kier alpha value is -1.11. The van der Waals surface area contributed by atoms with Gasteiger partial charge in [-0.05, 0) is 43.6 Å². The quantitative estimate of drug-likeness (QED) is 0.197. The number of carbonyl (C=O) groups excluding carboxylic acids is 1. The molecule has 2 rings (SSSR count). The molecule has 2 aliphatic rings. The van der Waals surface area contributed by atoms with Crippen LogP contribution in [0.5, 0.6) is 0 Å². The van der Waals surface area contributed by atoms with Crippen LogP contribution >= 0.6 is 0 Å². The summed E-state index contributed by atoms with van der Waals surface area (Å²) in [6.45, 7) is 17.5. The van der Waals surface area contributed by atoms with Gasteiger partial charge in [0.05, 0.1) is 23.6 Å². The molecule has 1 saturated heterocycles. The highest BCUT2D eigenvalue weighted by molar-refractivity contribution is 7.91. The highest BCUT2D eigenvalue weighted by Gasteiger charge is 2.40. The molecule has 234 valence electrons.